The van der Waals surface area contributed by atoms with Gasteiger partial charge in [-0.2, -0.15) is 0 Å². The molecular weight excluding hydrogens is 550 g/mol. The van der Waals surface area contributed by atoms with E-state index in [1.54, 1.807) is 0 Å². The van der Waals surface area contributed by atoms with Gasteiger partial charge < -0.3 is 9.47 Å². The molecule has 3 heteroatoms. The van der Waals surface area contributed by atoms with Crippen molar-refractivity contribution < 1.29 is 9.47 Å². The molecule has 0 radical (unpaired) electrons. The number of pyridine rings is 1. The summed E-state index contributed by atoms with van der Waals surface area (Å²) in [5.41, 5.74) is 12.8. The maximum absolute atomic E-state index is 6.53. The minimum Gasteiger partial charge on any atom is -0.449 e. The van der Waals surface area contributed by atoms with Gasteiger partial charge in [-0.25, -0.2) is 0 Å². The van der Waals surface area contributed by atoms with Crippen LogP contribution >= 0.6 is 0 Å². The summed E-state index contributed by atoms with van der Waals surface area (Å²) in [6.45, 7) is 4.56. The highest BCUT2D eigenvalue weighted by Crippen LogP contribution is 2.55. The minimum absolute atomic E-state index is 0.100. The Bertz CT molecular complexity index is 2290. The van der Waals surface area contributed by atoms with Crippen LogP contribution in [0.15, 0.2) is 140 Å². The van der Waals surface area contributed by atoms with Gasteiger partial charge in [-0.1, -0.05) is 111 Å². The van der Waals surface area contributed by atoms with E-state index in [0.717, 1.165) is 67.3 Å². The van der Waals surface area contributed by atoms with Gasteiger partial charge in [0.2, 0.25) is 0 Å². The molecule has 0 saturated carbocycles. The van der Waals surface area contributed by atoms with Gasteiger partial charge in [0.15, 0.2) is 23.0 Å². The van der Waals surface area contributed by atoms with Crippen LogP contribution in [0, 0.1) is 0 Å². The van der Waals surface area contributed by atoms with Crippen LogP contribution in [0.2, 0.25) is 0 Å². The fraction of sp³-hybridized carbons (Fsp3) is 0.0714. The number of hydrogen-bond donors (Lipinski definition) is 0. The molecule has 214 valence electrons. The first-order valence-electron chi connectivity index (χ1n) is 15.4. The molecule has 0 unspecified atom stereocenters. The number of fused-ring (bicyclic) bond motifs is 6. The molecule has 0 spiro atoms. The lowest BCUT2D eigenvalue weighted by molar-refractivity contribution is 0.359. The van der Waals surface area contributed by atoms with Crippen molar-refractivity contribution in [3.8, 4) is 67.5 Å². The summed E-state index contributed by atoms with van der Waals surface area (Å²) in [6, 6.07) is 47.0. The topological polar surface area (TPSA) is 31.4 Å². The van der Waals surface area contributed by atoms with Crippen LogP contribution in [-0.2, 0) is 5.41 Å². The Morgan fingerprint density at radius 3 is 1.98 bits per heavy atom. The first-order chi connectivity index (χ1) is 22.0. The quantitative estimate of drug-likeness (QED) is 0.209. The number of nitrogens with zero attached hydrogens (tertiary/aromatic N) is 1. The summed E-state index contributed by atoms with van der Waals surface area (Å²) in [4.78, 5) is 4.64. The number of rotatable bonds is 3. The van der Waals surface area contributed by atoms with Crippen LogP contribution in [0.3, 0.4) is 0 Å². The van der Waals surface area contributed by atoms with E-state index in [1.807, 2.05) is 18.3 Å². The van der Waals surface area contributed by atoms with Crippen molar-refractivity contribution in [3.63, 3.8) is 0 Å². The van der Waals surface area contributed by atoms with Crippen molar-refractivity contribution >= 4 is 10.9 Å². The van der Waals surface area contributed by atoms with Gasteiger partial charge in [-0.05, 0) is 86.5 Å². The molecule has 0 N–H and O–H groups in total. The van der Waals surface area contributed by atoms with Crippen molar-refractivity contribution in [3.05, 3.63) is 151 Å². The first-order valence-corrected chi connectivity index (χ1v) is 15.4. The van der Waals surface area contributed by atoms with Crippen LogP contribution in [-0.4, -0.2) is 4.98 Å². The maximum Gasteiger partial charge on any atom is 0.170 e. The highest BCUT2D eigenvalue weighted by molar-refractivity contribution is 5.94. The Hall–Kier alpha value is -5.67. The fourth-order valence-corrected chi connectivity index (χ4v) is 7.01. The monoisotopic (exact) mass is 579 g/mol. The molecule has 0 atom stereocenters. The van der Waals surface area contributed by atoms with Crippen LogP contribution in [0.4, 0.5) is 0 Å². The molecule has 9 rings (SSSR count). The summed E-state index contributed by atoms with van der Waals surface area (Å²) in [6.07, 6.45) is 1.86. The third-order valence-corrected chi connectivity index (χ3v) is 9.39. The van der Waals surface area contributed by atoms with Crippen LogP contribution in [0.25, 0.3) is 55.4 Å². The van der Waals surface area contributed by atoms with E-state index in [0.29, 0.717) is 0 Å². The summed E-state index contributed by atoms with van der Waals surface area (Å²) in [7, 11) is 0. The molecular formula is C42H29NO2. The average Bonchev–Trinajstić information content (AvgIpc) is 3.31. The first kappa shape index (κ1) is 25.8. The molecule has 1 aliphatic heterocycles. The molecule has 2 aliphatic rings. The molecule has 2 heterocycles. The van der Waals surface area contributed by atoms with E-state index < -0.39 is 0 Å². The predicted molar refractivity (Wildman–Crippen MR) is 182 cm³/mol. The number of hydrogen-bond acceptors (Lipinski definition) is 3. The maximum atomic E-state index is 6.53. The van der Waals surface area contributed by atoms with Crippen LogP contribution in [0.1, 0.15) is 25.0 Å². The minimum atomic E-state index is -0.100. The van der Waals surface area contributed by atoms with Gasteiger partial charge in [-0.3, -0.25) is 4.98 Å². The van der Waals surface area contributed by atoms with Gasteiger partial charge in [-0.15, -0.1) is 0 Å². The lowest BCUT2D eigenvalue weighted by Crippen LogP contribution is -2.15. The van der Waals surface area contributed by atoms with Crippen LogP contribution in [0.5, 0.6) is 23.0 Å². The number of ether oxygens (including phenoxy) is 2. The van der Waals surface area contributed by atoms with Gasteiger partial charge in [0, 0.05) is 22.6 Å². The Kier molecular flexibility index (Phi) is 5.54. The third kappa shape index (κ3) is 4.08. The molecule has 0 amide bonds. The van der Waals surface area contributed by atoms with Crippen LogP contribution < -0.4 is 9.47 Å². The molecule has 0 saturated heterocycles. The van der Waals surface area contributed by atoms with Crippen molar-refractivity contribution in [2.24, 2.45) is 0 Å². The molecule has 0 bridgehead atoms. The second kappa shape index (κ2) is 9.67. The third-order valence-electron chi connectivity index (χ3n) is 9.39. The van der Waals surface area contributed by atoms with E-state index in [4.69, 9.17) is 9.47 Å². The van der Waals surface area contributed by atoms with Crippen molar-refractivity contribution in [1.82, 2.24) is 4.98 Å². The highest BCUT2D eigenvalue weighted by atomic mass is 16.6. The SMILES string of the molecule is CC1(C)c2ccccc2-c2cc3c(cc21)Oc1cc(-c2cccc(-c4ccc(-c5cccc6cccnc56)cc4)c2)ccc1O3. The standard InChI is InChI=1S/C42H29NO2/c1-42(2)35-14-4-3-12-33(35)34-24-39-40(25-36(34)42)45-38-23-31(19-20-37(38)44-39)30-10-5-9-29(22-30)26-15-17-27(18-16-26)32-13-6-8-28-11-7-21-43-41(28)32/h3-25H,1-2H3. The number of para-hydroxylation sites is 1. The number of aromatic nitrogens is 1. The summed E-state index contributed by atoms with van der Waals surface area (Å²) in [5, 5.41) is 1.15. The Morgan fingerprint density at radius 1 is 0.444 bits per heavy atom. The summed E-state index contributed by atoms with van der Waals surface area (Å²) >= 11 is 0. The second-order valence-corrected chi connectivity index (χ2v) is 12.4. The molecule has 45 heavy (non-hydrogen) atoms. The van der Waals surface area contributed by atoms with Crippen molar-refractivity contribution in [2.75, 3.05) is 0 Å². The second-order valence-electron chi connectivity index (χ2n) is 12.4. The lowest BCUT2D eigenvalue weighted by Gasteiger charge is -2.25. The van der Waals surface area contributed by atoms with Gasteiger partial charge >= 0.3 is 0 Å². The Labute approximate surface area is 262 Å². The van der Waals surface area contributed by atoms with Crippen molar-refractivity contribution in [1.29, 1.82) is 0 Å². The zero-order chi connectivity index (χ0) is 30.1. The predicted octanol–water partition coefficient (Wildman–Crippen LogP) is 11.4. The van der Waals surface area contributed by atoms with E-state index in [1.165, 1.54) is 22.3 Å². The zero-order valence-corrected chi connectivity index (χ0v) is 25.0. The van der Waals surface area contributed by atoms with E-state index >= 15 is 0 Å². The largest absolute Gasteiger partial charge is 0.449 e. The molecule has 1 aromatic heterocycles. The van der Waals surface area contributed by atoms with Crippen molar-refractivity contribution in [2.45, 2.75) is 19.3 Å². The summed E-state index contributed by atoms with van der Waals surface area (Å²) in [5.74, 6) is 2.97. The summed E-state index contributed by atoms with van der Waals surface area (Å²) < 4.78 is 12.9. The van der Waals surface area contributed by atoms with E-state index in [9.17, 15) is 0 Å². The van der Waals surface area contributed by atoms with Gasteiger partial charge in [0.1, 0.15) is 0 Å². The van der Waals surface area contributed by atoms with Gasteiger partial charge in [0.05, 0.1) is 5.52 Å². The van der Waals surface area contributed by atoms with Gasteiger partial charge in [0.25, 0.3) is 0 Å². The average molecular weight is 580 g/mol. The van der Waals surface area contributed by atoms with E-state index in [-0.39, 0.29) is 5.41 Å². The molecule has 1 aliphatic carbocycles. The van der Waals surface area contributed by atoms with E-state index in [2.05, 4.69) is 140 Å². The Morgan fingerprint density at radius 2 is 1.09 bits per heavy atom. The molecule has 6 aromatic carbocycles. The zero-order valence-electron chi connectivity index (χ0n) is 25.0. The lowest BCUT2D eigenvalue weighted by atomic mass is 9.82. The molecule has 7 aromatic rings. The fourth-order valence-electron chi connectivity index (χ4n) is 7.01. The number of benzene rings is 6. The molecule has 3 nitrogen and oxygen atoms in total. The highest BCUT2D eigenvalue weighted by Gasteiger charge is 2.37. The normalized spacial score (nSPS) is 13.6. The smallest absolute Gasteiger partial charge is 0.170 e. The molecule has 0 fully saturated rings. The Balaban J connectivity index is 1.02.